The van der Waals surface area contributed by atoms with Crippen molar-refractivity contribution in [1.29, 1.82) is 0 Å². The molecule has 0 amide bonds. The SMILES string of the molecule is CN(CCCC(=O)O)CCn1ccccc1=O. The Hall–Kier alpha value is -1.62. The third-order valence-corrected chi connectivity index (χ3v) is 2.55. The first-order valence-corrected chi connectivity index (χ1v) is 5.65. The van der Waals surface area contributed by atoms with Crippen molar-refractivity contribution < 1.29 is 9.90 Å². The number of pyridine rings is 1. The number of likely N-dealkylation sites (N-methyl/N-ethyl adjacent to an activating group) is 1. The van der Waals surface area contributed by atoms with E-state index in [0.717, 1.165) is 13.1 Å². The van der Waals surface area contributed by atoms with Crippen molar-refractivity contribution >= 4 is 5.97 Å². The van der Waals surface area contributed by atoms with Crippen LogP contribution in [0.3, 0.4) is 0 Å². The van der Waals surface area contributed by atoms with Crippen molar-refractivity contribution in [1.82, 2.24) is 9.47 Å². The molecule has 0 spiro atoms. The average molecular weight is 238 g/mol. The fraction of sp³-hybridized carbons (Fsp3) is 0.500. The zero-order chi connectivity index (χ0) is 12.7. The summed E-state index contributed by atoms with van der Waals surface area (Å²) in [5.74, 6) is -0.766. The van der Waals surface area contributed by atoms with Crippen molar-refractivity contribution in [3.8, 4) is 0 Å². The predicted molar refractivity (Wildman–Crippen MR) is 65.1 cm³/mol. The smallest absolute Gasteiger partial charge is 0.303 e. The quantitative estimate of drug-likeness (QED) is 0.757. The molecule has 1 rings (SSSR count). The summed E-state index contributed by atoms with van der Waals surface area (Å²) in [6.07, 6.45) is 2.58. The van der Waals surface area contributed by atoms with Gasteiger partial charge in [-0.05, 0) is 26.1 Å². The van der Waals surface area contributed by atoms with E-state index in [4.69, 9.17) is 5.11 Å². The van der Waals surface area contributed by atoms with Crippen molar-refractivity contribution in [2.45, 2.75) is 19.4 Å². The number of carbonyl (C=O) groups is 1. The van der Waals surface area contributed by atoms with E-state index in [1.807, 2.05) is 18.0 Å². The molecular weight excluding hydrogens is 220 g/mol. The van der Waals surface area contributed by atoms with Gasteiger partial charge in [-0.25, -0.2) is 0 Å². The number of hydrogen-bond acceptors (Lipinski definition) is 3. The van der Waals surface area contributed by atoms with Crippen LogP contribution in [0, 0.1) is 0 Å². The highest BCUT2D eigenvalue weighted by atomic mass is 16.4. The van der Waals surface area contributed by atoms with Crippen molar-refractivity contribution in [3.05, 3.63) is 34.7 Å². The molecule has 5 heteroatoms. The van der Waals surface area contributed by atoms with E-state index in [1.54, 1.807) is 16.8 Å². The summed E-state index contributed by atoms with van der Waals surface area (Å²) in [6.45, 7) is 2.10. The zero-order valence-electron chi connectivity index (χ0n) is 10.0. The molecule has 0 aliphatic rings. The van der Waals surface area contributed by atoms with Crippen LogP contribution >= 0.6 is 0 Å². The van der Waals surface area contributed by atoms with Gasteiger partial charge in [-0.15, -0.1) is 0 Å². The van der Waals surface area contributed by atoms with Crippen LogP contribution in [0.15, 0.2) is 29.2 Å². The summed E-state index contributed by atoms with van der Waals surface area (Å²) in [7, 11) is 1.93. The van der Waals surface area contributed by atoms with Crippen molar-refractivity contribution in [2.24, 2.45) is 0 Å². The number of aliphatic carboxylic acids is 1. The maximum Gasteiger partial charge on any atom is 0.303 e. The first-order valence-electron chi connectivity index (χ1n) is 5.65. The van der Waals surface area contributed by atoms with Gasteiger partial charge in [-0.3, -0.25) is 9.59 Å². The van der Waals surface area contributed by atoms with Gasteiger partial charge < -0.3 is 14.6 Å². The third-order valence-electron chi connectivity index (χ3n) is 2.55. The molecule has 17 heavy (non-hydrogen) atoms. The van der Waals surface area contributed by atoms with Crippen LogP contribution in [0.1, 0.15) is 12.8 Å². The largest absolute Gasteiger partial charge is 0.481 e. The van der Waals surface area contributed by atoms with Crippen LogP contribution in [-0.2, 0) is 11.3 Å². The normalized spacial score (nSPS) is 10.7. The maximum absolute atomic E-state index is 11.4. The second kappa shape index (κ2) is 6.85. The molecule has 0 bridgehead atoms. The minimum atomic E-state index is -0.766. The highest BCUT2D eigenvalue weighted by molar-refractivity contribution is 5.66. The van der Waals surface area contributed by atoms with Crippen molar-refractivity contribution in [2.75, 3.05) is 20.1 Å². The lowest BCUT2D eigenvalue weighted by atomic mass is 10.3. The van der Waals surface area contributed by atoms with E-state index in [2.05, 4.69) is 0 Å². The Kier molecular flexibility index (Phi) is 5.42. The Labute approximate surface area is 100 Å². The van der Waals surface area contributed by atoms with Gasteiger partial charge in [0, 0.05) is 31.8 Å². The molecule has 94 valence electrons. The van der Waals surface area contributed by atoms with Gasteiger partial charge in [-0.1, -0.05) is 6.07 Å². The number of nitrogens with zero attached hydrogens (tertiary/aromatic N) is 2. The Bertz CT molecular complexity index is 414. The van der Waals surface area contributed by atoms with E-state index in [9.17, 15) is 9.59 Å². The first-order chi connectivity index (χ1) is 8.09. The van der Waals surface area contributed by atoms with Gasteiger partial charge in [0.2, 0.25) is 0 Å². The lowest BCUT2D eigenvalue weighted by molar-refractivity contribution is -0.137. The van der Waals surface area contributed by atoms with Gasteiger partial charge in [0.05, 0.1) is 0 Å². The third kappa shape index (κ3) is 5.31. The van der Waals surface area contributed by atoms with Crippen LogP contribution in [0.5, 0.6) is 0 Å². The van der Waals surface area contributed by atoms with Crippen molar-refractivity contribution in [3.63, 3.8) is 0 Å². The van der Waals surface area contributed by atoms with Crippen LogP contribution in [0.4, 0.5) is 0 Å². The predicted octanol–water partition coefficient (Wildman–Crippen LogP) is 0.645. The molecule has 1 aromatic heterocycles. The molecule has 0 aliphatic carbocycles. The maximum atomic E-state index is 11.4. The van der Waals surface area contributed by atoms with E-state index < -0.39 is 5.97 Å². The van der Waals surface area contributed by atoms with Crippen LogP contribution in [0.25, 0.3) is 0 Å². The summed E-state index contributed by atoms with van der Waals surface area (Å²) in [5, 5.41) is 8.51. The van der Waals surface area contributed by atoms with Crippen LogP contribution in [-0.4, -0.2) is 40.7 Å². The number of carboxylic acids is 1. The molecule has 5 nitrogen and oxygen atoms in total. The number of carboxylic acid groups (broad SMARTS) is 1. The van der Waals surface area contributed by atoms with Gasteiger partial charge in [-0.2, -0.15) is 0 Å². The Balaban J connectivity index is 2.28. The minimum absolute atomic E-state index is 0.00793. The lowest BCUT2D eigenvalue weighted by Crippen LogP contribution is -2.28. The molecule has 1 heterocycles. The summed E-state index contributed by atoms with van der Waals surface area (Å²) in [6, 6.07) is 5.08. The number of rotatable bonds is 7. The Morgan fingerprint density at radius 1 is 1.41 bits per heavy atom. The zero-order valence-corrected chi connectivity index (χ0v) is 10.0. The summed E-state index contributed by atoms with van der Waals surface area (Å²) < 4.78 is 1.65. The first kappa shape index (κ1) is 13.4. The molecule has 0 aliphatic heterocycles. The molecule has 1 aromatic rings. The van der Waals surface area contributed by atoms with E-state index in [0.29, 0.717) is 13.0 Å². The molecule has 0 unspecified atom stereocenters. The topological polar surface area (TPSA) is 62.5 Å². The van der Waals surface area contributed by atoms with Gasteiger partial charge >= 0.3 is 5.97 Å². The molecule has 0 fully saturated rings. The standard InChI is InChI=1S/C12H18N2O3/c1-13(7-4-6-12(16)17)9-10-14-8-3-2-5-11(14)15/h2-3,5,8H,4,6-7,9-10H2,1H3,(H,16,17). The minimum Gasteiger partial charge on any atom is -0.481 e. The van der Waals surface area contributed by atoms with E-state index in [1.165, 1.54) is 6.07 Å². The van der Waals surface area contributed by atoms with E-state index in [-0.39, 0.29) is 12.0 Å². The summed E-state index contributed by atoms with van der Waals surface area (Å²) >= 11 is 0. The van der Waals surface area contributed by atoms with Crippen LogP contribution in [0.2, 0.25) is 0 Å². The average Bonchev–Trinajstić information content (AvgIpc) is 2.27. The van der Waals surface area contributed by atoms with Gasteiger partial charge in [0.15, 0.2) is 0 Å². The molecule has 0 saturated carbocycles. The highest BCUT2D eigenvalue weighted by Crippen LogP contribution is 1.93. The Morgan fingerprint density at radius 2 is 2.18 bits per heavy atom. The van der Waals surface area contributed by atoms with Gasteiger partial charge in [0.25, 0.3) is 5.56 Å². The number of hydrogen-bond donors (Lipinski definition) is 1. The van der Waals surface area contributed by atoms with Gasteiger partial charge in [0.1, 0.15) is 0 Å². The Morgan fingerprint density at radius 3 is 2.82 bits per heavy atom. The fourth-order valence-corrected chi connectivity index (χ4v) is 1.54. The lowest BCUT2D eigenvalue weighted by Gasteiger charge is -2.16. The second-order valence-electron chi connectivity index (χ2n) is 4.03. The fourth-order valence-electron chi connectivity index (χ4n) is 1.54. The monoisotopic (exact) mass is 238 g/mol. The highest BCUT2D eigenvalue weighted by Gasteiger charge is 2.02. The van der Waals surface area contributed by atoms with E-state index >= 15 is 0 Å². The second-order valence-corrected chi connectivity index (χ2v) is 4.03. The molecule has 0 radical (unpaired) electrons. The van der Waals surface area contributed by atoms with Crippen LogP contribution < -0.4 is 5.56 Å². The molecule has 0 saturated heterocycles. The molecule has 1 N–H and O–H groups in total. The molecule has 0 atom stereocenters. The molecular formula is C12H18N2O3. The molecule has 0 aromatic carbocycles. The summed E-state index contributed by atoms with van der Waals surface area (Å²) in [4.78, 5) is 23.8. The summed E-state index contributed by atoms with van der Waals surface area (Å²) in [5.41, 5.74) is -0.00793. The number of aromatic nitrogens is 1.